The van der Waals surface area contributed by atoms with Gasteiger partial charge < -0.3 is 16.6 Å². The Morgan fingerprint density at radius 2 is 1.58 bits per heavy atom. The summed E-state index contributed by atoms with van der Waals surface area (Å²) >= 11 is 0. The van der Waals surface area contributed by atoms with Crippen molar-refractivity contribution in [1.29, 1.82) is 0 Å². The number of hydrogen-bond donors (Lipinski definition) is 3. The van der Waals surface area contributed by atoms with E-state index in [9.17, 15) is 14.7 Å². The Morgan fingerprint density at radius 1 is 0.842 bits per heavy atom. The maximum atomic E-state index is 12.3. The van der Waals surface area contributed by atoms with E-state index in [0.717, 1.165) is 0 Å². The average Bonchev–Trinajstić information content (AvgIpc) is 2.35. The van der Waals surface area contributed by atoms with Gasteiger partial charge in [-0.25, -0.2) is 0 Å². The zero-order valence-corrected chi connectivity index (χ0v) is 9.81. The number of benzene rings is 2. The van der Waals surface area contributed by atoms with E-state index in [1.165, 1.54) is 30.3 Å². The molecule has 0 saturated carbocycles. The lowest BCUT2D eigenvalue weighted by Gasteiger charge is -2.19. The molecule has 0 unspecified atom stereocenters. The molecule has 0 aliphatic heterocycles. The quantitative estimate of drug-likeness (QED) is 0.525. The fourth-order valence-electron chi connectivity index (χ4n) is 2.32. The number of phenolic OH excluding ortho intramolecular Hbond substituents is 1. The minimum Gasteiger partial charge on any atom is -0.508 e. The highest BCUT2D eigenvalue weighted by atomic mass is 16.3. The first-order chi connectivity index (χ1) is 8.99. The van der Waals surface area contributed by atoms with Crippen LogP contribution >= 0.6 is 0 Å². The smallest absolute Gasteiger partial charge is 0.196 e. The van der Waals surface area contributed by atoms with Gasteiger partial charge in [0.15, 0.2) is 11.6 Å². The van der Waals surface area contributed by atoms with Gasteiger partial charge in [-0.3, -0.25) is 9.59 Å². The lowest BCUT2D eigenvalue weighted by atomic mass is 9.83. The maximum Gasteiger partial charge on any atom is 0.196 e. The fourth-order valence-corrected chi connectivity index (χ4v) is 2.32. The standard InChI is InChI=1S/C14H10N2O3/c15-6-3-10-12(11(16)4-6)14(19)8-2-1-7(17)5-9(8)13(10)18/h1-5,17H,15-16H2. The Morgan fingerprint density at radius 3 is 2.32 bits per heavy atom. The van der Waals surface area contributed by atoms with E-state index in [-0.39, 0.29) is 45.3 Å². The number of fused-ring (bicyclic) bond motifs is 2. The second-order valence-electron chi connectivity index (χ2n) is 4.42. The molecule has 0 bridgehead atoms. The molecule has 19 heavy (non-hydrogen) atoms. The number of nitrogens with two attached hydrogens (primary N) is 2. The lowest BCUT2D eigenvalue weighted by molar-refractivity contribution is 0.0979. The van der Waals surface area contributed by atoms with Crippen LogP contribution in [-0.4, -0.2) is 16.7 Å². The molecule has 3 rings (SSSR count). The van der Waals surface area contributed by atoms with Crippen molar-refractivity contribution in [2.45, 2.75) is 0 Å². The predicted molar refractivity (Wildman–Crippen MR) is 70.2 cm³/mol. The van der Waals surface area contributed by atoms with Crippen molar-refractivity contribution in [3.63, 3.8) is 0 Å². The molecule has 2 aromatic rings. The molecule has 1 aliphatic carbocycles. The van der Waals surface area contributed by atoms with E-state index in [0.29, 0.717) is 5.69 Å². The van der Waals surface area contributed by atoms with Crippen LogP contribution in [-0.2, 0) is 0 Å². The summed E-state index contributed by atoms with van der Waals surface area (Å²) in [5.41, 5.74) is 12.7. The van der Waals surface area contributed by atoms with Crippen molar-refractivity contribution in [3.05, 3.63) is 52.6 Å². The summed E-state index contributed by atoms with van der Waals surface area (Å²) in [5, 5.41) is 9.44. The third-order valence-corrected chi connectivity index (χ3v) is 3.16. The number of hydrogen-bond acceptors (Lipinski definition) is 5. The van der Waals surface area contributed by atoms with Crippen LogP contribution in [0.4, 0.5) is 11.4 Å². The summed E-state index contributed by atoms with van der Waals surface area (Å²) in [7, 11) is 0. The molecule has 5 N–H and O–H groups in total. The monoisotopic (exact) mass is 254 g/mol. The Bertz CT molecular complexity index is 751. The van der Waals surface area contributed by atoms with Crippen LogP contribution in [0.1, 0.15) is 31.8 Å². The highest BCUT2D eigenvalue weighted by molar-refractivity contribution is 6.30. The van der Waals surface area contributed by atoms with E-state index in [1.54, 1.807) is 0 Å². The first-order valence-corrected chi connectivity index (χ1v) is 5.60. The second kappa shape index (κ2) is 3.58. The van der Waals surface area contributed by atoms with E-state index in [4.69, 9.17) is 11.5 Å². The van der Waals surface area contributed by atoms with Crippen LogP contribution in [0.15, 0.2) is 30.3 Å². The third kappa shape index (κ3) is 1.48. The minimum absolute atomic E-state index is 0.0692. The van der Waals surface area contributed by atoms with Gasteiger partial charge in [0.05, 0.1) is 5.56 Å². The van der Waals surface area contributed by atoms with E-state index in [2.05, 4.69) is 0 Å². The largest absolute Gasteiger partial charge is 0.508 e. The van der Waals surface area contributed by atoms with E-state index >= 15 is 0 Å². The summed E-state index contributed by atoms with van der Waals surface area (Å²) < 4.78 is 0. The van der Waals surface area contributed by atoms with Gasteiger partial charge in [-0.2, -0.15) is 0 Å². The van der Waals surface area contributed by atoms with Gasteiger partial charge in [0.1, 0.15) is 5.75 Å². The summed E-state index contributed by atoms with van der Waals surface area (Å²) in [4.78, 5) is 24.7. The van der Waals surface area contributed by atoms with Gasteiger partial charge in [0.2, 0.25) is 0 Å². The van der Waals surface area contributed by atoms with Crippen molar-refractivity contribution >= 4 is 22.9 Å². The third-order valence-electron chi connectivity index (χ3n) is 3.16. The van der Waals surface area contributed by atoms with Crippen LogP contribution < -0.4 is 11.5 Å². The van der Waals surface area contributed by atoms with Crippen LogP contribution in [0, 0.1) is 0 Å². The Balaban J connectivity index is 2.36. The summed E-state index contributed by atoms with van der Waals surface area (Å²) in [5.74, 6) is -0.762. The van der Waals surface area contributed by atoms with Crippen LogP contribution in [0.2, 0.25) is 0 Å². The zero-order chi connectivity index (χ0) is 13.7. The van der Waals surface area contributed by atoms with Gasteiger partial charge in [0, 0.05) is 28.1 Å². The molecule has 94 valence electrons. The van der Waals surface area contributed by atoms with Gasteiger partial charge in [-0.05, 0) is 30.3 Å². The molecule has 1 aliphatic rings. The SMILES string of the molecule is Nc1cc(N)c2c(c1)C(=O)c1cc(O)ccc1C2=O. The van der Waals surface area contributed by atoms with Crippen molar-refractivity contribution in [3.8, 4) is 5.75 Å². The van der Waals surface area contributed by atoms with Crippen LogP contribution in [0.5, 0.6) is 5.75 Å². The highest BCUT2D eigenvalue weighted by Crippen LogP contribution is 2.33. The van der Waals surface area contributed by atoms with Crippen molar-refractivity contribution in [1.82, 2.24) is 0 Å². The molecule has 0 radical (unpaired) electrons. The molecule has 0 saturated heterocycles. The van der Waals surface area contributed by atoms with Crippen LogP contribution in [0.3, 0.4) is 0 Å². The minimum atomic E-state index is -0.362. The Hall–Kier alpha value is -2.82. The highest BCUT2D eigenvalue weighted by Gasteiger charge is 2.31. The molecular formula is C14H10N2O3. The zero-order valence-electron chi connectivity index (χ0n) is 9.81. The number of aromatic hydroxyl groups is 1. The van der Waals surface area contributed by atoms with E-state index < -0.39 is 0 Å². The molecule has 5 nitrogen and oxygen atoms in total. The molecule has 2 aromatic carbocycles. The molecular weight excluding hydrogens is 244 g/mol. The van der Waals surface area contributed by atoms with Crippen molar-refractivity contribution < 1.29 is 14.7 Å². The molecule has 0 aromatic heterocycles. The predicted octanol–water partition coefficient (Wildman–Crippen LogP) is 1.33. The summed E-state index contributed by atoms with van der Waals surface area (Å²) in [6.45, 7) is 0. The Labute approximate surface area is 108 Å². The molecule has 0 amide bonds. The number of nitrogen functional groups attached to an aromatic ring is 2. The van der Waals surface area contributed by atoms with E-state index in [1.807, 2.05) is 0 Å². The molecule has 0 atom stereocenters. The fraction of sp³-hybridized carbons (Fsp3) is 0. The van der Waals surface area contributed by atoms with Gasteiger partial charge in [0.25, 0.3) is 0 Å². The number of anilines is 2. The van der Waals surface area contributed by atoms with Crippen LogP contribution in [0.25, 0.3) is 0 Å². The van der Waals surface area contributed by atoms with Gasteiger partial charge in [-0.15, -0.1) is 0 Å². The number of carbonyl (C=O) groups is 2. The summed E-state index contributed by atoms with van der Waals surface area (Å²) in [6, 6.07) is 6.94. The second-order valence-corrected chi connectivity index (χ2v) is 4.42. The normalized spacial score (nSPS) is 13.1. The van der Waals surface area contributed by atoms with Crippen molar-refractivity contribution in [2.75, 3.05) is 11.5 Å². The number of rotatable bonds is 0. The molecule has 0 heterocycles. The molecule has 0 fully saturated rings. The Kier molecular flexibility index (Phi) is 2.13. The first-order valence-electron chi connectivity index (χ1n) is 5.60. The van der Waals surface area contributed by atoms with Gasteiger partial charge in [-0.1, -0.05) is 0 Å². The number of phenols is 1. The molecule has 0 spiro atoms. The number of ketones is 2. The van der Waals surface area contributed by atoms with Gasteiger partial charge >= 0.3 is 0 Å². The topological polar surface area (TPSA) is 106 Å². The lowest BCUT2D eigenvalue weighted by Crippen LogP contribution is -2.22. The van der Waals surface area contributed by atoms with Crippen molar-refractivity contribution in [2.24, 2.45) is 0 Å². The molecule has 5 heteroatoms. The summed E-state index contributed by atoms with van der Waals surface area (Å²) in [6.07, 6.45) is 0. The first kappa shape index (κ1) is 11.3. The average molecular weight is 254 g/mol. The number of carbonyl (C=O) groups excluding carboxylic acids is 2. The maximum absolute atomic E-state index is 12.3.